The minimum atomic E-state index is -5.08. The van der Waals surface area contributed by atoms with E-state index in [0.717, 1.165) is 35.4 Å². The Hall–Kier alpha value is -3.06. The van der Waals surface area contributed by atoms with Gasteiger partial charge in [0.15, 0.2) is 11.5 Å². The molecule has 3 aromatic heterocycles. The molecule has 1 aliphatic rings. The first-order chi connectivity index (χ1) is 15.5. The van der Waals surface area contributed by atoms with Crippen molar-refractivity contribution in [3.8, 4) is 11.1 Å². The lowest BCUT2D eigenvalue weighted by molar-refractivity contribution is -0.192. The van der Waals surface area contributed by atoms with Crippen molar-refractivity contribution in [2.75, 3.05) is 18.8 Å². The molecule has 0 aromatic carbocycles. The number of carboxylic acid groups (broad SMARTS) is 1. The van der Waals surface area contributed by atoms with Crippen molar-refractivity contribution in [3.05, 3.63) is 48.7 Å². The second kappa shape index (κ2) is 9.83. The van der Waals surface area contributed by atoms with Crippen LogP contribution in [0.1, 0.15) is 31.5 Å². The maximum Gasteiger partial charge on any atom is 0.490 e. The number of sulfonamides is 1. The van der Waals surface area contributed by atoms with Gasteiger partial charge < -0.3 is 5.11 Å². The number of piperidine rings is 1. The lowest BCUT2D eigenvalue weighted by Crippen LogP contribution is -2.38. The normalized spacial score (nSPS) is 15.8. The number of halogens is 3. The maximum absolute atomic E-state index is 12.0. The minimum absolute atomic E-state index is 0.155. The highest BCUT2D eigenvalue weighted by Crippen LogP contribution is 2.28. The molecule has 1 saturated heterocycles. The summed E-state index contributed by atoms with van der Waals surface area (Å²) in [6.45, 7) is 2.77. The molecule has 4 rings (SSSR count). The fourth-order valence-electron chi connectivity index (χ4n) is 3.36. The summed E-state index contributed by atoms with van der Waals surface area (Å²) in [7, 11) is -3.11. The van der Waals surface area contributed by atoms with E-state index in [2.05, 4.69) is 15.1 Å². The molecule has 13 heteroatoms. The third kappa shape index (κ3) is 6.05. The van der Waals surface area contributed by atoms with Crippen molar-refractivity contribution >= 4 is 21.6 Å². The van der Waals surface area contributed by atoms with E-state index in [1.807, 2.05) is 30.5 Å². The SMILES string of the molecule is CCS(=O)(=O)N1CCC(c2nc3ccc(-c4ccncc4)cn3n2)CC1.O=C(O)C(F)(F)F. The summed E-state index contributed by atoms with van der Waals surface area (Å²) >= 11 is 0. The van der Waals surface area contributed by atoms with Crippen LogP contribution in [-0.2, 0) is 14.8 Å². The zero-order valence-corrected chi connectivity index (χ0v) is 18.4. The molecule has 9 nitrogen and oxygen atoms in total. The second-order valence-electron chi connectivity index (χ2n) is 7.30. The smallest absolute Gasteiger partial charge is 0.475 e. The van der Waals surface area contributed by atoms with Gasteiger partial charge in [-0.3, -0.25) is 4.98 Å². The van der Waals surface area contributed by atoms with Crippen molar-refractivity contribution in [3.63, 3.8) is 0 Å². The first-order valence-electron chi connectivity index (χ1n) is 10.1. The number of pyridine rings is 2. The van der Waals surface area contributed by atoms with Crippen molar-refractivity contribution < 1.29 is 31.5 Å². The number of hydrogen-bond donors (Lipinski definition) is 1. The van der Waals surface area contributed by atoms with Gasteiger partial charge in [0.2, 0.25) is 10.0 Å². The highest BCUT2D eigenvalue weighted by molar-refractivity contribution is 7.89. The predicted molar refractivity (Wildman–Crippen MR) is 113 cm³/mol. The molecule has 0 radical (unpaired) electrons. The van der Waals surface area contributed by atoms with Gasteiger partial charge in [0.05, 0.1) is 5.75 Å². The van der Waals surface area contributed by atoms with E-state index in [1.165, 1.54) is 0 Å². The molecular weight excluding hydrogens is 463 g/mol. The molecule has 3 aromatic rings. The molecular formula is C20H22F3N5O4S. The Morgan fingerprint density at radius 3 is 2.27 bits per heavy atom. The number of nitrogens with zero attached hydrogens (tertiary/aromatic N) is 5. The molecule has 0 spiro atoms. The van der Waals surface area contributed by atoms with E-state index < -0.39 is 22.2 Å². The van der Waals surface area contributed by atoms with Gasteiger partial charge in [-0.1, -0.05) is 0 Å². The fraction of sp³-hybridized carbons (Fsp3) is 0.400. The average molecular weight is 485 g/mol. The lowest BCUT2D eigenvalue weighted by atomic mass is 9.98. The van der Waals surface area contributed by atoms with Crippen molar-refractivity contribution in [1.82, 2.24) is 23.9 Å². The zero-order valence-electron chi connectivity index (χ0n) is 17.6. The van der Waals surface area contributed by atoms with Gasteiger partial charge in [-0.2, -0.15) is 18.3 Å². The molecule has 1 N–H and O–H groups in total. The Balaban J connectivity index is 0.000000383. The molecule has 4 heterocycles. The van der Waals surface area contributed by atoms with Crippen LogP contribution >= 0.6 is 0 Å². The summed E-state index contributed by atoms with van der Waals surface area (Å²) in [5.74, 6) is -1.61. The molecule has 1 fully saturated rings. The Morgan fingerprint density at radius 1 is 1.12 bits per heavy atom. The van der Waals surface area contributed by atoms with Crippen molar-refractivity contribution in [2.45, 2.75) is 31.9 Å². The van der Waals surface area contributed by atoms with Crippen LogP contribution in [0.5, 0.6) is 0 Å². The van der Waals surface area contributed by atoms with Gasteiger partial charge in [0.25, 0.3) is 0 Å². The average Bonchev–Trinajstić information content (AvgIpc) is 3.23. The van der Waals surface area contributed by atoms with Gasteiger partial charge in [-0.25, -0.2) is 27.0 Å². The lowest BCUT2D eigenvalue weighted by Gasteiger charge is -2.29. The van der Waals surface area contributed by atoms with Gasteiger partial charge >= 0.3 is 12.1 Å². The summed E-state index contributed by atoms with van der Waals surface area (Å²) in [6.07, 6.45) is 1.94. The number of carbonyl (C=O) groups is 1. The molecule has 178 valence electrons. The number of hydrogen-bond acceptors (Lipinski definition) is 6. The first kappa shape index (κ1) is 24.6. The number of fused-ring (bicyclic) bond motifs is 1. The summed E-state index contributed by atoms with van der Waals surface area (Å²) in [6, 6.07) is 7.91. The molecule has 0 amide bonds. The van der Waals surface area contributed by atoms with Gasteiger partial charge in [-0.05, 0) is 49.6 Å². The molecule has 1 aliphatic heterocycles. The Morgan fingerprint density at radius 2 is 1.73 bits per heavy atom. The van der Waals surface area contributed by atoms with Gasteiger partial charge in [0, 0.05) is 43.2 Å². The zero-order chi connectivity index (χ0) is 24.2. The van der Waals surface area contributed by atoms with E-state index in [4.69, 9.17) is 9.90 Å². The molecule has 0 saturated carbocycles. The largest absolute Gasteiger partial charge is 0.490 e. The van der Waals surface area contributed by atoms with Crippen LogP contribution in [0.3, 0.4) is 0 Å². The number of alkyl halides is 3. The summed E-state index contributed by atoms with van der Waals surface area (Å²) in [4.78, 5) is 17.6. The third-order valence-electron chi connectivity index (χ3n) is 5.18. The standard InChI is InChI=1S/C18H21N5O2S.C2HF3O2/c1-2-26(24,25)22-11-7-15(8-12-22)18-20-17-4-3-16(13-23(17)21-18)14-5-9-19-10-6-14;3-2(4,5)1(6)7/h3-6,9-10,13,15H,2,7-8,11-12H2,1H3;(H,6,7). The fourth-order valence-corrected chi connectivity index (χ4v) is 4.50. The number of rotatable bonds is 4. The monoisotopic (exact) mass is 485 g/mol. The van der Waals surface area contributed by atoms with Gasteiger partial charge in [0.1, 0.15) is 0 Å². The topological polar surface area (TPSA) is 118 Å². The molecule has 0 unspecified atom stereocenters. The number of aromatic nitrogens is 4. The minimum Gasteiger partial charge on any atom is -0.475 e. The van der Waals surface area contributed by atoms with Crippen LogP contribution in [0, 0.1) is 0 Å². The van der Waals surface area contributed by atoms with Crippen LogP contribution < -0.4 is 0 Å². The number of aliphatic carboxylic acids is 1. The van der Waals surface area contributed by atoms with E-state index in [9.17, 15) is 21.6 Å². The van der Waals surface area contributed by atoms with Crippen LogP contribution in [-0.4, -0.2) is 68.4 Å². The van der Waals surface area contributed by atoms with E-state index in [1.54, 1.807) is 28.1 Å². The van der Waals surface area contributed by atoms with Gasteiger partial charge in [-0.15, -0.1) is 0 Å². The summed E-state index contributed by atoms with van der Waals surface area (Å²) < 4.78 is 59.1. The first-order valence-corrected chi connectivity index (χ1v) is 11.7. The van der Waals surface area contributed by atoms with E-state index in [-0.39, 0.29) is 11.7 Å². The third-order valence-corrected chi connectivity index (χ3v) is 7.06. The Labute approximate surface area is 187 Å². The second-order valence-corrected chi connectivity index (χ2v) is 9.56. The van der Waals surface area contributed by atoms with Crippen molar-refractivity contribution in [2.24, 2.45) is 0 Å². The quantitative estimate of drug-likeness (QED) is 0.604. The number of carboxylic acids is 1. The predicted octanol–water partition coefficient (Wildman–Crippen LogP) is 2.95. The molecule has 0 bridgehead atoms. The summed E-state index contributed by atoms with van der Waals surface area (Å²) in [5.41, 5.74) is 2.94. The van der Waals surface area contributed by atoms with Crippen LogP contribution in [0.25, 0.3) is 16.8 Å². The maximum atomic E-state index is 12.0. The van der Waals surface area contributed by atoms with Crippen LogP contribution in [0.2, 0.25) is 0 Å². The Kier molecular flexibility index (Phi) is 7.32. The van der Waals surface area contributed by atoms with E-state index >= 15 is 0 Å². The molecule has 33 heavy (non-hydrogen) atoms. The highest BCUT2D eigenvalue weighted by Gasteiger charge is 2.38. The highest BCUT2D eigenvalue weighted by atomic mass is 32.2. The van der Waals surface area contributed by atoms with Crippen molar-refractivity contribution in [1.29, 1.82) is 0 Å². The summed E-state index contributed by atoms with van der Waals surface area (Å²) in [5, 5.41) is 11.8. The van der Waals surface area contributed by atoms with E-state index in [0.29, 0.717) is 13.1 Å². The molecule has 0 atom stereocenters. The van der Waals surface area contributed by atoms with Crippen LogP contribution in [0.15, 0.2) is 42.9 Å². The molecule has 0 aliphatic carbocycles. The van der Waals surface area contributed by atoms with Crippen LogP contribution in [0.4, 0.5) is 13.2 Å². The Bertz CT molecular complexity index is 1210.